The molecule has 1 amide bonds. The van der Waals surface area contributed by atoms with E-state index in [-0.39, 0.29) is 29.9 Å². The predicted octanol–water partition coefficient (Wildman–Crippen LogP) is -1.37. The second-order valence-corrected chi connectivity index (χ2v) is 7.84. The lowest BCUT2D eigenvalue weighted by Crippen LogP contribution is -2.60. The first-order valence-electron chi connectivity index (χ1n) is 9.94. The van der Waals surface area contributed by atoms with Gasteiger partial charge in [-0.2, -0.15) is 0 Å². The molecule has 33 heavy (non-hydrogen) atoms. The molecule has 1 aliphatic rings. The highest BCUT2D eigenvalue weighted by atomic mass is 19.2. The highest BCUT2D eigenvalue weighted by Gasteiger charge is 2.39. The number of hydrogen-bond donors (Lipinski definition) is 3. The molecule has 0 unspecified atom stereocenters. The molecule has 3 N–H and O–H groups in total. The van der Waals surface area contributed by atoms with Gasteiger partial charge in [-0.05, 0) is 18.2 Å². The van der Waals surface area contributed by atoms with Crippen LogP contribution >= 0.6 is 0 Å². The number of carbonyl (C=O) groups excluding carboxylic acids is 1. The molecule has 0 bridgehead atoms. The van der Waals surface area contributed by atoms with Crippen molar-refractivity contribution >= 4 is 17.1 Å². The lowest BCUT2D eigenvalue weighted by molar-refractivity contribution is -0.152. The Kier molecular flexibility index (Phi) is 5.86. The summed E-state index contributed by atoms with van der Waals surface area (Å²) in [5.41, 5.74) is -1.01. The van der Waals surface area contributed by atoms with E-state index in [4.69, 9.17) is 4.74 Å². The van der Waals surface area contributed by atoms with Crippen molar-refractivity contribution in [3.63, 3.8) is 0 Å². The first-order valence-corrected chi connectivity index (χ1v) is 9.94. The second kappa shape index (κ2) is 8.50. The Morgan fingerprint density at radius 1 is 1.18 bits per heavy atom. The van der Waals surface area contributed by atoms with Gasteiger partial charge in [0.05, 0.1) is 25.5 Å². The van der Waals surface area contributed by atoms with E-state index in [0.717, 1.165) is 22.8 Å². The number of imidazole rings is 1. The van der Waals surface area contributed by atoms with Gasteiger partial charge in [-0.3, -0.25) is 18.7 Å². The fraction of sp³-hybridized carbons (Fsp3) is 0.400. The van der Waals surface area contributed by atoms with Gasteiger partial charge in [0.2, 0.25) is 0 Å². The fourth-order valence-electron chi connectivity index (χ4n) is 3.83. The van der Waals surface area contributed by atoms with Crippen LogP contribution in [0.2, 0.25) is 0 Å². The first-order chi connectivity index (χ1) is 15.6. The Balaban J connectivity index is 1.50. The maximum atomic E-state index is 13.4. The molecular weight excluding hydrogens is 444 g/mol. The van der Waals surface area contributed by atoms with Crippen LogP contribution in [0.5, 0.6) is 0 Å². The Bertz CT molecular complexity index is 1350. The molecule has 1 fully saturated rings. The topological polar surface area (TPSA) is 141 Å². The number of nitrogens with zero attached hydrogens (tertiary/aromatic N) is 4. The predicted molar refractivity (Wildman–Crippen MR) is 110 cm³/mol. The lowest BCUT2D eigenvalue weighted by Gasteiger charge is -2.38. The Morgan fingerprint density at radius 3 is 2.61 bits per heavy atom. The fourth-order valence-corrected chi connectivity index (χ4v) is 3.83. The van der Waals surface area contributed by atoms with E-state index in [2.05, 4.69) is 10.3 Å². The first kappa shape index (κ1) is 22.8. The third-order valence-electron chi connectivity index (χ3n) is 5.72. The van der Waals surface area contributed by atoms with Crippen molar-refractivity contribution in [1.29, 1.82) is 0 Å². The van der Waals surface area contributed by atoms with Crippen LogP contribution in [0.4, 0.5) is 8.78 Å². The van der Waals surface area contributed by atoms with E-state index in [1.807, 2.05) is 0 Å². The van der Waals surface area contributed by atoms with Crippen LogP contribution in [0.3, 0.4) is 0 Å². The van der Waals surface area contributed by atoms with E-state index in [1.165, 1.54) is 29.6 Å². The van der Waals surface area contributed by atoms with Crippen molar-refractivity contribution in [2.24, 2.45) is 14.1 Å². The van der Waals surface area contributed by atoms with Crippen LogP contribution in [0.15, 0.2) is 34.1 Å². The van der Waals surface area contributed by atoms with Gasteiger partial charge in [0.25, 0.3) is 11.5 Å². The molecule has 176 valence electrons. The zero-order valence-electron chi connectivity index (χ0n) is 17.6. The van der Waals surface area contributed by atoms with Gasteiger partial charge in [0.15, 0.2) is 17.2 Å². The summed E-state index contributed by atoms with van der Waals surface area (Å²) in [5, 5.41) is 23.5. The number of aliphatic hydroxyl groups excluding tert-OH is 2. The molecule has 13 heteroatoms. The Morgan fingerprint density at radius 2 is 1.91 bits per heavy atom. The summed E-state index contributed by atoms with van der Waals surface area (Å²) in [6, 6.07) is 1.59. The maximum absolute atomic E-state index is 13.4. The molecule has 0 aliphatic carbocycles. The molecule has 1 aliphatic heterocycles. The number of aromatic nitrogens is 4. The normalized spacial score (nSPS) is 23.1. The SMILES string of the molecule is Cn1c(=O)c2ncn(C[C@H]3OC[C@@H](NC(=O)c4ccc(F)c(F)c4)[C@H](O)[C@@H]3O)c2n(C)c1=O. The number of aryl methyl sites for hydroxylation is 1. The van der Waals surface area contributed by atoms with E-state index in [1.54, 1.807) is 0 Å². The average molecular weight is 465 g/mol. The molecule has 2 aromatic heterocycles. The monoisotopic (exact) mass is 465 g/mol. The number of hydrogen-bond acceptors (Lipinski definition) is 7. The standard InChI is InChI=1S/C20H21F2N5O6/c1-25-18-14(19(31)26(2)20(25)32)23-8-27(18)6-13-16(29)15(28)12(7-33-13)24-17(30)9-3-4-10(21)11(22)5-9/h3-5,8,12-13,15-16,28-29H,6-7H2,1-2H3,(H,24,30)/t12-,13-,15+,16-/m1/s1. The number of rotatable bonds is 4. The number of nitrogens with one attached hydrogen (secondary N) is 1. The Labute approximate surface area is 184 Å². The quantitative estimate of drug-likeness (QED) is 0.432. The van der Waals surface area contributed by atoms with E-state index < -0.39 is 53.1 Å². The smallest absolute Gasteiger partial charge is 0.332 e. The third-order valence-corrected chi connectivity index (χ3v) is 5.72. The van der Waals surface area contributed by atoms with Gasteiger partial charge in [0.1, 0.15) is 24.0 Å². The van der Waals surface area contributed by atoms with Crippen LogP contribution < -0.4 is 16.6 Å². The molecule has 1 aromatic carbocycles. The number of carbonyl (C=O) groups is 1. The molecule has 3 aromatic rings. The van der Waals surface area contributed by atoms with Crippen LogP contribution in [0, 0.1) is 11.6 Å². The van der Waals surface area contributed by atoms with Gasteiger partial charge in [-0.15, -0.1) is 0 Å². The third kappa shape index (κ3) is 3.94. The van der Waals surface area contributed by atoms with E-state index >= 15 is 0 Å². The van der Waals surface area contributed by atoms with Crippen molar-refractivity contribution in [3.05, 3.63) is 62.6 Å². The molecule has 1 saturated heterocycles. The van der Waals surface area contributed by atoms with Gasteiger partial charge < -0.3 is 24.8 Å². The number of fused-ring (bicyclic) bond motifs is 1. The molecule has 0 saturated carbocycles. The van der Waals surface area contributed by atoms with Crippen LogP contribution in [0.1, 0.15) is 10.4 Å². The summed E-state index contributed by atoms with van der Waals surface area (Å²) in [7, 11) is 2.81. The molecule has 0 spiro atoms. The summed E-state index contributed by atoms with van der Waals surface area (Å²) in [4.78, 5) is 40.9. The molecule has 0 radical (unpaired) electrons. The summed E-state index contributed by atoms with van der Waals surface area (Å²) in [6.45, 7) is -0.231. The largest absolute Gasteiger partial charge is 0.388 e. The second-order valence-electron chi connectivity index (χ2n) is 7.84. The zero-order valence-corrected chi connectivity index (χ0v) is 17.6. The number of benzene rings is 1. The molecule has 11 nitrogen and oxygen atoms in total. The van der Waals surface area contributed by atoms with Gasteiger partial charge in [-0.1, -0.05) is 0 Å². The maximum Gasteiger partial charge on any atom is 0.332 e. The van der Waals surface area contributed by atoms with E-state index in [0.29, 0.717) is 0 Å². The Hall–Kier alpha value is -3.42. The van der Waals surface area contributed by atoms with Crippen LogP contribution in [0.25, 0.3) is 11.2 Å². The van der Waals surface area contributed by atoms with Crippen molar-refractivity contribution in [2.75, 3.05) is 6.61 Å². The number of halogens is 2. The number of aliphatic hydroxyl groups is 2. The molecule has 4 atom stereocenters. The highest BCUT2D eigenvalue weighted by molar-refractivity contribution is 5.94. The lowest BCUT2D eigenvalue weighted by atomic mass is 9.97. The zero-order chi connectivity index (χ0) is 24.0. The number of ether oxygens (including phenoxy) is 1. The summed E-state index contributed by atoms with van der Waals surface area (Å²) in [5.74, 6) is -3.08. The van der Waals surface area contributed by atoms with E-state index in [9.17, 15) is 33.4 Å². The minimum absolute atomic E-state index is 0.0426. The molecule has 3 heterocycles. The minimum Gasteiger partial charge on any atom is -0.388 e. The van der Waals surface area contributed by atoms with Crippen molar-refractivity contribution in [1.82, 2.24) is 24.0 Å². The minimum atomic E-state index is -1.45. The van der Waals surface area contributed by atoms with Crippen molar-refractivity contribution in [2.45, 2.75) is 30.9 Å². The van der Waals surface area contributed by atoms with Crippen LogP contribution in [-0.2, 0) is 25.4 Å². The summed E-state index contributed by atoms with van der Waals surface area (Å²) >= 11 is 0. The van der Waals surface area contributed by atoms with Crippen molar-refractivity contribution in [3.8, 4) is 0 Å². The van der Waals surface area contributed by atoms with Gasteiger partial charge in [-0.25, -0.2) is 18.6 Å². The highest BCUT2D eigenvalue weighted by Crippen LogP contribution is 2.19. The average Bonchev–Trinajstić information content (AvgIpc) is 3.21. The molecular formula is C20H21F2N5O6. The van der Waals surface area contributed by atoms with Gasteiger partial charge in [0, 0.05) is 19.7 Å². The number of amides is 1. The summed E-state index contributed by atoms with van der Waals surface area (Å²) in [6.07, 6.45) is -2.52. The summed E-state index contributed by atoms with van der Waals surface area (Å²) < 4.78 is 35.7. The molecule has 4 rings (SSSR count). The van der Waals surface area contributed by atoms with Gasteiger partial charge >= 0.3 is 5.69 Å². The van der Waals surface area contributed by atoms with Crippen molar-refractivity contribution < 1.29 is 28.5 Å². The van der Waals surface area contributed by atoms with Crippen LogP contribution in [-0.4, -0.2) is 65.8 Å².